The number of rotatable bonds is 7. The van der Waals surface area contributed by atoms with E-state index in [1.54, 1.807) is 32.2 Å². The number of amides is 1. The molecule has 0 fully saturated rings. The van der Waals surface area contributed by atoms with E-state index < -0.39 is 17.9 Å². The van der Waals surface area contributed by atoms with E-state index in [9.17, 15) is 14.7 Å². The molecule has 5 nitrogen and oxygen atoms in total. The fourth-order valence-corrected chi connectivity index (χ4v) is 2.02. The molecule has 0 saturated heterocycles. The van der Waals surface area contributed by atoms with E-state index in [1.807, 2.05) is 19.9 Å². The molecule has 0 spiro atoms. The van der Waals surface area contributed by atoms with Crippen molar-refractivity contribution in [1.82, 2.24) is 5.32 Å². The normalized spacial score (nSPS) is 14.9. The highest BCUT2D eigenvalue weighted by Gasteiger charge is 2.27. The minimum absolute atomic E-state index is 0.121. The lowest BCUT2D eigenvalue weighted by Gasteiger charge is -2.22. The molecule has 0 heterocycles. The summed E-state index contributed by atoms with van der Waals surface area (Å²) >= 11 is 0. The summed E-state index contributed by atoms with van der Waals surface area (Å²) in [6.07, 6.45) is 0.685. The summed E-state index contributed by atoms with van der Waals surface area (Å²) in [5.41, 5.74) is 0.792. The Labute approximate surface area is 125 Å². The van der Waals surface area contributed by atoms with Gasteiger partial charge in [-0.2, -0.15) is 0 Å². The Morgan fingerprint density at radius 3 is 2.52 bits per heavy atom. The fourth-order valence-electron chi connectivity index (χ4n) is 2.02. The lowest BCUT2D eigenvalue weighted by Crippen LogP contribution is -2.46. The molecule has 3 atom stereocenters. The minimum atomic E-state index is -1.00. The zero-order chi connectivity index (χ0) is 16.0. The molecule has 2 N–H and O–H groups in total. The van der Waals surface area contributed by atoms with Gasteiger partial charge in [-0.1, -0.05) is 32.4 Å². The number of ether oxygens (including phenoxy) is 1. The Bertz CT molecular complexity index is 501. The largest absolute Gasteiger partial charge is 0.497 e. The highest BCUT2D eigenvalue weighted by Crippen LogP contribution is 2.21. The third-order valence-corrected chi connectivity index (χ3v) is 3.76. The maximum atomic E-state index is 12.3. The fraction of sp³-hybridized carbons (Fsp3) is 0.500. The van der Waals surface area contributed by atoms with Crippen LogP contribution < -0.4 is 10.1 Å². The van der Waals surface area contributed by atoms with Crippen molar-refractivity contribution >= 4 is 11.9 Å². The van der Waals surface area contributed by atoms with Crippen LogP contribution in [0.2, 0.25) is 0 Å². The van der Waals surface area contributed by atoms with Crippen LogP contribution in [-0.2, 0) is 9.59 Å². The molecular weight excluding hydrogens is 270 g/mol. The van der Waals surface area contributed by atoms with Crippen LogP contribution in [0.5, 0.6) is 5.75 Å². The van der Waals surface area contributed by atoms with E-state index in [-0.39, 0.29) is 11.8 Å². The van der Waals surface area contributed by atoms with E-state index in [0.29, 0.717) is 12.2 Å². The third-order valence-electron chi connectivity index (χ3n) is 3.76. The number of carbonyl (C=O) groups is 2. The van der Waals surface area contributed by atoms with Gasteiger partial charge >= 0.3 is 5.97 Å². The summed E-state index contributed by atoms with van der Waals surface area (Å²) in [6, 6.07) is 6.35. The Morgan fingerprint density at radius 1 is 1.33 bits per heavy atom. The molecule has 1 aromatic carbocycles. The van der Waals surface area contributed by atoms with Crippen LogP contribution >= 0.6 is 0 Å². The Kier molecular flexibility index (Phi) is 6.21. The van der Waals surface area contributed by atoms with Crippen molar-refractivity contribution < 1.29 is 19.4 Å². The summed E-state index contributed by atoms with van der Waals surface area (Å²) in [5, 5.41) is 11.8. The van der Waals surface area contributed by atoms with Crippen LogP contribution in [0.15, 0.2) is 24.3 Å². The van der Waals surface area contributed by atoms with Crippen molar-refractivity contribution in [1.29, 1.82) is 0 Å². The standard InChI is InChI=1S/C16H23NO4/c1-5-10(2)14(16(19)20)17-15(18)11(3)12-7-6-8-13(9-12)21-4/h6-11,14H,5H2,1-4H3,(H,17,18)(H,19,20). The second kappa shape index (κ2) is 7.67. The average molecular weight is 293 g/mol. The summed E-state index contributed by atoms with van der Waals surface area (Å²) in [5.74, 6) is -1.19. The molecule has 0 aliphatic rings. The van der Waals surface area contributed by atoms with Crippen LogP contribution in [0.25, 0.3) is 0 Å². The SMILES string of the molecule is CCC(C)C(NC(=O)C(C)c1cccc(OC)c1)C(=O)O. The van der Waals surface area contributed by atoms with Gasteiger partial charge in [0, 0.05) is 0 Å². The van der Waals surface area contributed by atoms with Crippen LogP contribution in [0.3, 0.4) is 0 Å². The Morgan fingerprint density at radius 2 is 2.00 bits per heavy atom. The predicted molar refractivity (Wildman–Crippen MR) is 80.4 cm³/mol. The van der Waals surface area contributed by atoms with E-state index in [0.717, 1.165) is 5.56 Å². The van der Waals surface area contributed by atoms with Gasteiger partial charge in [0.1, 0.15) is 11.8 Å². The van der Waals surface area contributed by atoms with Crippen molar-refractivity contribution in [2.75, 3.05) is 7.11 Å². The zero-order valence-electron chi connectivity index (χ0n) is 12.9. The van der Waals surface area contributed by atoms with Gasteiger partial charge in [-0.25, -0.2) is 4.79 Å². The number of carboxylic acid groups (broad SMARTS) is 1. The van der Waals surface area contributed by atoms with Crippen molar-refractivity contribution in [3.8, 4) is 5.75 Å². The van der Waals surface area contributed by atoms with Crippen LogP contribution in [0.1, 0.15) is 38.7 Å². The number of nitrogens with one attached hydrogen (secondary N) is 1. The predicted octanol–water partition coefficient (Wildman–Crippen LogP) is 2.41. The monoisotopic (exact) mass is 293 g/mol. The smallest absolute Gasteiger partial charge is 0.326 e. The number of aliphatic carboxylic acids is 1. The first-order valence-corrected chi connectivity index (χ1v) is 7.07. The highest BCUT2D eigenvalue weighted by molar-refractivity contribution is 5.88. The topological polar surface area (TPSA) is 75.6 Å². The van der Waals surface area contributed by atoms with Gasteiger partial charge in [0.2, 0.25) is 5.91 Å². The quantitative estimate of drug-likeness (QED) is 0.809. The number of carboxylic acids is 1. The molecule has 1 aromatic rings. The maximum absolute atomic E-state index is 12.3. The average Bonchev–Trinajstić information content (AvgIpc) is 2.50. The van der Waals surface area contributed by atoms with Gasteiger partial charge in [-0.15, -0.1) is 0 Å². The number of carbonyl (C=O) groups excluding carboxylic acids is 1. The van der Waals surface area contributed by atoms with Gasteiger partial charge < -0.3 is 15.2 Å². The lowest BCUT2D eigenvalue weighted by atomic mass is 9.96. The third kappa shape index (κ3) is 4.48. The van der Waals surface area contributed by atoms with Gasteiger partial charge in [-0.05, 0) is 30.5 Å². The van der Waals surface area contributed by atoms with Crippen molar-refractivity contribution in [2.45, 2.75) is 39.2 Å². The summed E-state index contributed by atoms with van der Waals surface area (Å²) in [7, 11) is 1.56. The van der Waals surface area contributed by atoms with Gasteiger partial charge in [0.05, 0.1) is 13.0 Å². The molecule has 0 saturated carbocycles. The van der Waals surface area contributed by atoms with Crippen molar-refractivity contribution in [3.63, 3.8) is 0 Å². The summed E-state index contributed by atoms with van der Waals surface area (Å²) in [6.45, 7) is 5.47. The Balaban J connectivity index is 2.83. The van der Waals surface area contributed by atoms with Crippen LogP contribution in [0.4, 0.5) is 0 Å². The molecular formula is C16H23NO4. The van der Waals surface area contributed by atoms with E-state index >= 15 is 0 Å². The van der Waals surface area contributed by atoms with E-state index in [1.165, 1.54) is 0 Å². The first kappa shape index (κ1) is 17.0. The number of benzene rings is 1. The van der Waals surface area contributed by atoms with E-state index in [2.05, 4.69) is 5.32 Å². The van der Waals surface area contributed by atoms with Gasteiger partial charge in [0.15, 0.2) is 0 Å². The molecule has 1 rings (SSSR count). The molecule has 0 aliphatic heterocycles. The zero-order valence-corrected chi connectivity index (χ0v) is 12.9. The molecule has 0 aromatic heterocycles. The number of hydrogen-bond donors (Lipinski definition) is 2. The first-order valence-electron chi connectivity index (χ1n) is 7.07. The molecule has 116 valence electrons. The summed E-state index contributed by atoms with van der Waals surface area (Å²) < 4.78 is 5.13. The van der Waals surface area contributed by atoms with Gasteiger partial charge in [-0.3, -0.25) is 4.79 Å². The molecule has 21 heavy (non-hydrogen) atoms. The highest BCUT2D eigenvalue weighted by atomic mass is 16.5. The Hall–Kier alpha value is -2.04. The summed E-state index contributed by atoms with van der Waals surface area (Å²) in [4.78, 5) is 23.5. The minimum Gasteiger partial charge on any atom is -0.497 e. The molecule has 3 unspecified atom stereocenters. The molecule has 1 amide bonds. The molecule has 5 heteroatoms. The van der Waals surface area contributed by atoms with Crippen molar-refractivity contribution in [2.24, 2.45) is 5.92 Å². The lowest BCUT2D eigenvalue weighted by molar-refractivity contribution is -0.143. The van der Waals surface area contributed by atoms with Crippen LogP contribution in [-0.4, -0.2) is 30.1 Å². The number of hydrogen-bond acceptors (Lipinski definition) is 3. The van der Waals surface area contributed by atoms with Crippen LogP contribution in [0, 0.1) is 5.92 Å². The number of methoxy groups -OCH3 is 1. The first-order chi connectivity index (χ1) is 9.90. The molecule has 0 radical (unpaired) electrons. The second-order valence-corrected chi connectivity index (χ2v) is 5.21. The van der Waals surface area contributed by atoms with E-state index in [4.69, 9.17) is 4.74 Å². The molecule has 0 aliphatic carbocycles. The van der Waals surface area contributed by atoms with Gasteiger partial charge in [0.25, 0.3) is 0 Å². The molecule has 0 bridgehead atoms. The van der Waals surface area contributed by atoms with Crippen molar-refractivity contribution in [3.05, 3.63) is 29.8 Å². The maximum Gasteiger partial charge on any atom is 0.326 e. The second-order valence-electron chi connectivity index (χ2n) is 5.21.